The third-order valence-electron chi connectivity index (χ3n) is 3.81. The van der Waals surface area contributed by atoms with Gasteiger partial charge in [-0.05, 0) is 30.3 Å². The van der Waals surface area contributed by atoms with Gasteiger partial charge in [0.25, 0.3) is 11.8 Å². The highest BCUT2D eigenvalue weighted by molar-refractivity contribution is 6.02. The van der Waals surface area contributed by atoms with Gasteiger partial charge in [0.05, 0.1) is 11.3 Å². The minimum absolute atomic E-state index is 0.101. The second kappa shape index (κ2) is 8.30. The predicted molar refractivity (Wildman–Crippen MR) is 94.6 cm³/mol. The summed E-state index contributed by atoms with van der Waals surface area (Å²) in [5, 5.41) is 4.79. The summed E-state index contributed by atoms with van der Waals surface area (Å²) in [5.41, 5.74) is 0.364. The topological polar surface area (TPSA) is 111 Å². The summed E-state index contributed by atoms with van der Waals surface area (Å²) >= 11 is 0. The molecule has 0 unspecified atom stereocenters. The van der Waals surface area contributed by atoms with Crippen molar-refractivity contribution >= 4 is 29.3 Å². The van der Waals surface area contributed by atoms with E-state index >= 15 is 0 Å². The Morgan fingerprint density at radius 1 is 1.18 bits per heavy atom. The van der Waals surface area contributed by atoms with Crippen molar-refractivity contribution < 1.29 is 33.0 Å². The number of esters is 1. The molecular formula is C19H15FN2O6. The third-order valence-corrected chi connectivity index (χ3v) is 3.81. The van der Waals surface area contributed by atoms with Crippen molar-refractivity contribution in [3.05, 3.63) is 59.4 Å². The van der Waals surface area contributed by atoms with Crippen molar-refractivity contribution in [3.63, 3.8) is 0 Å². The van der Waals surface area contributed by atoms with Crippen LogP contribution in [-0.4, -0.2) is 43.3 Å². The molecule has 9 heteroatoms. The molecule has 0 aromatic heterocycles. The van der Waals surface area contributed by atoms with E-state index in [-0.39, 0.29) is 23.6 Å². The van der Waals surface area contributed by atoms with Crippen LogP contribution in [0.4, 0.5) is 10.1 Å². The molecule has 1 heterocycles. The maximum Gasteiger partial charge on any atom is 0.325 e. The smallest absolute Gasteiger partial charge is 0.325 e. The van der Waals surface area contributed by atoms with Crippen LogP contribution >= 0.6 is 0 Å². The number of rotatable bonds is 6. The minimum atomic E-state index is -0.854. The van der Waals surface area contributed by atoms with Gasteiger partial charge in [0, 0.05) is 5.56 Å². The number of carbonyl (C=O) groups is 4. The second-order valence-electron chi connectivity index (χ2n) is 5.79. The number of Topliss-reactive ketones (excluding diaryl/α,β-unsaturated/α-hetero) is 1. The summed E-state index contributed by atoms with van der Waals surface area (Å²) in [6, 6.07) is 9.74. The summed E-state index contributed by atoms with van der Waals surface area (Å²) in [6.07, 6.45) is 0. The van der Waals surface area contributed by atoms with Gasteiger partial charge in [-0.15, -0.1) is 0 Å². The summed E-state index contributed by atoms with van der Waals surface area (Å²) in [4.78, 5) is 47.0. The van der Waals surface area contributed by atoms with Gasteiger partial charge < -0.3 is 20.1 Å². The van der Waals surface area contributed by atoms with Crippen LogP contribution in [0.5, 0.6) is 5.75 Å². The first-order valence-electron chi connectivity index (χ1n) is 8.22. The quantitative estimate of drug-likeness (QED) is 0.572. The van der Waals surface area contributed by atoms with E-state index in [0.29, 0.717) is 11.4 Å². The summed E-state index contributed by atoms with van der Waals surface area (Å²) in [5.74, 6) is -2.75. The summed E-state index contributed by atoms with van der Waals surface area (Å²) in [7, 11) is 0. The van der Waals surface area contributed by atoms with Crippen LogP contribution in [0.15, 0.2) is 42.5 Å². The molecule has 0 atom stereocenters. The Morgan fingerprint density at radius 3 is 2.75 bits per heavy atom. The van der Waals surface area contributed by atoms with Gasteiger partial charge >= 0.3 is 5.97 Å². The molecule has 144 valence electrons. The van der Waals surface area contributed by atoms with E-state index in [1.165, 1.54) is 36.4 Å². The van der Waals surface area contributed by atoms with Crippen molar-refractivity contribution in [2.45, 2.75) is 0 Å². The summed E-state index contributed by atoms with van der Waals surface area (Å²) in [6.45, 7) is -1.17. The standard InChI is InChI=1S/C19H15FN2O6/c20-13-4-2-1-3-12(13)19(26)21-8-18(25)28-9-15(23)11-5-6-16-14(7-11)22-17(24)10-27-16/h1-7H,8-10H2,(H,21,26)(H,22,24). The van der Waals surface area contributed by atoms with Crippen LogP contribution in [0, 0.1) is 5.82 Å². The maximum atomic E-state index is 13.5. The van der Waals surface area contributed by atoms with Gasteiger partial charge in [-0.3, -0.25) is 19.2 Å². The average Bonchev–Trinajstić information content (AvgIpc) is 2.70. The van der Waals surface area contributed by atoms with Gasteiger partial charge in [0.2, 0.25) is 0 Å². The maximum absolute atomic E-state index is 13.5. The predicted octanol–water partition coefficient (Wildman–Crippen LogP) is 1.31. The van der Waals surface area contributed by atoms with Crippen LogP contribution in [0.1, 0.15) is 20.7 Å². The van der Waals surface area contributed by atoms with Gasteiger partial charge in [0.1, 0.15) is 18.1 Å². The Labute approximate surface area is 158 Å². The lowest BCUT2D eigenvalue weighted by Gasteiger charge is -2.18. The summed E-state index contributed by atoms with van der Waals surface area (Å²) < 4.78 is 23.5. The zero-order valence-electron chi connectivity index (χ0n) is 14.5. The van der Waals surface area contributed by atoms with Crippen LogP contribution in [-0.2, 0) is 14.3 Å². The lowest BCUT2D eigenvalue weighted by molar-refractivity contribution is -0.141. The van der Waals surface area contributed by atoms with Crippen LogP contribution in [0.3, 0.4) is 0 Å². The Bertz CT molecular complexity index is 959. The lowest BCUT2D eigenvalue weighted by Crippen LogP contribution is -2.32. The highest BCUT2D eigenvalue weighted by Crippen LogP contribution is 2.28. The van der Waals surface area contributed by atoms with E-state index in [9.17, 15) is 23.6 Å². The molecule has 28 heavy (non-hydrogen) atoms. The molecule has 0 saturated carbocycles. The second-order valence-corrected chi connectivity index (χ2v) is 5.79. The number of halogens is 1. The third kappa shape index (κ3) is 4.50. The zero-order chi connectivity index (χ0) is 20.1. The number of ether oxygens (including phenoxy) is 2. The lowest BCUT2D eigenvalue weighted by atomic mass is 10.1. The van der Waals surface area contributed by atoms with E-state index < -0.39 is 36.6 Å². The molecule has 3 rings (SSSR count). The molecule has 0 bridgehead atoms. The molecule has 0 fully saturated rings. The van der Waals surface area contributed by atoms with E-state index in [1.807, 2.05) is 0 Å². The molecule has 0 spiro atoms. The fourth-order valence-corrected chi connectivity index (χ4v) is 2.43. The van der Waals surface area contributed by atoms with E-state index in [4.69, 9.17) is 9.47 Å². The molecule has 2 aromatic carbocycles. The fourth-order valence-electron chi connectivity index (χ4n) is 2.43. The molecule has 0 saturated heterocycles. The highest BCUT2D eigenvalue weighted by Gasteiger charge is 2.19. The molecule has 2 N–H and O–H groups in total. The fraction of sp³-hybridized carbons (Fsp3) is 0.158. The monoisotopic (exact) mass is 386 g/mol. The number of fused-ring (bicyclic) bond motifs is 1. The number of ketones is 1. The van der Waals surface area contributed by atoms with Crippen molar-refractivity contribution in [1.29, 1.82) is 0 Å². The van der Waals surface area contributed by atoms with E-state index in [0.717, 1.165) is 6.07 Å². The molecule has 2 amide bonds. The first-order valence-corrected chi connectivity index (χ1v) is 8.22. The first kappa shape index (κ1) is 19.0. The number of carbonyl (C=O) groups excluding carboxylic acids is 4. The van der Waals surface area contributed by atoms with Crippen LogP contribution in [0.25, 0.3) is 0 Å². The zero-order valence-corrected chi connectivity index (χ0v) is 14.5. The van der Waals surface area contributed by atoms with E-state index in [1.54, 1.807) is 0 Å². The molecule has 8 nitrogen and oxygen atoms in total. The van der Waals surface area contributed by atoms with E-state index in [2.05, 4.69) is 10.6 Å². The van der Waals surface area contributed by atoms with Gasteiger partial charge in [-0.1, -0.05) is 12.1 Å². The van der Waals surface area contributed by atoms with Crippen LogP contribution < -0.4 is 15.4 Å². The average molecular weight is 386 g/mol. The number of hydrogen-bond acceptors (Lipinski definition) is 6. The van der Waals surface area contributed by atoms with Crippen LogP contribution in [0.2, 0.25) is 0 Å². The number of anilines is 1. The van der Waals surface area contributed by atoms with Crippen molar-refractivity contribution in [2.24, 2.45) is 0 Å². The molecule has 0 aliphatic carbocycles. The number of nitrogens with one attached hydrogen (secondary N) is 2. The van der Waals surface area contributed by atoms with Gasteiger partial charge in [0.15, 0.2) is 19.0 Å². The Kier molecular flexibility index (Phi) is 5.64. The van der Waals surface area contributed by atoms with Gasteiger partial charge in [-0.25, -0.2) is 4.39 Å². The molecule has 1 aliphatic rings. The van der Waals surface area contributed by atoms with Crippen molar-refractivity contribution in [2.75, 3.05) is 25.1 Å². The number of hydrogen-bond donors (Lipinski definition) is 2. The molecular weight excluding hydrogens is 371 g/mol. The molecule has 1 aliphatic heterocycles. The first-order chi connectivity index (χ1) is 13.4. The molecule has 0 radical (unpaired) electrons. The molecule has 2 aromatic rings. The van der Waals surface area contributed by atoms with Gasteiger partial charge in [-0.2, -0.15) is 0 Å². The Morgan fingerprint density at radius 2 is 1.96 bits per heavy atom. The largest absolute Gasteiger partial charge is 0.482 e. The Balaban J connectivity index is 1.50. The normalized spacial score (nSPS) is 12.2. The van der Waals surface area contributed by atoms with Crippen molar-refractivity contribution in [1.82, 2.24) is 5.32 Å². The highest BCUT2D eigenvalue weighted by atomic mass is 19.1. The Hall–Kier alpha value is -3.75. The van der Waals surface area contributed by atoms with Crippen molar-refractivity contribution in [3.8, 4) is 5.75 Å². The number of amides is 2. The SMILES string of the molecule is O=C1COc2ccc(C(=O)COC(=O)CNC(=O)c3ccccc3F)cc2N1. The minimum Gasteiger partial charge on any atom is -0.482 e. The number of benzene rings is 2.